The Morgan fingerprint density at radius 1 is 1.24 bits per heavy atom. The molecule has 1 aromatic heterocycles. The highest BCUT2D eigenvalue weighted by atomic mass is 35.5. The minimum absolute atomic E-state index is 0.0770. The van der Waals surface area contributed by atoms with E-state index in [0.717, 1.165) is 10.9 Å². The van der Waals surface area contributed by atoms with Gasteiger partial charge in [-0.15, -0.1) is 11.3 Å². The van der Waals surface area contributed by atoms with E-state index in [-0.39, 0.29) is 12.2 Å². The number of nitrogens with zero attached hydrogens (tertiary/aromatic N) is 1. The van der Waals surface area contributed by atoms with Gasteiger partial charge in [-0.25, -0.2) is 0 Å². The topological polar surface area (TPSA) is 29.3 Å². The summed E-state index contributed by atoms with van der Waals surface area (Å²) in [6.45, 7) is 0.441. The van der Waals surface area contributed by atoms with Crippen LogP contribution in [0.25, 0.3) is 0 Å². The Hall–Kier alpha value is -1.24. The van der Waals surface area contributed by atoms with Crippen molar-refractivity contribution in [3.63, 3.8) is 0 Å². The predicted octanol–water partition coefficient (Wildman–Crippen LogP) is 4.52. The molecule has 1 aromatic carbocycles. The van der Waals surface area contributed by atoms with Crippen LogP contribution in [0.5, 0.6) is 0 Å². The second kappa shape index (κ2) is 6.25. The van der Waals surface area contributed by atoms with E-state index >= 15 is 0 Å². The van der Waals surface area contributed by atoms with Crippen molar-refractivity contribution in [1.82, 2.24) is 0 Å². The Balaban J connectivity index is 2.33. The second-order valence-corrected chi connectivity index (χ2v) is 6.41. The molecule has 0 saturated carbocycles. The fraction of sp³-hybridized carbons (Fsp3) is 0.286. The molecule has 0 saturated heterocycles. The van der Waals surface area contributed by atoms with Gasteiger partial charge in [-0.05, 0) is 29.8 Å². The summed E-state index contributed by atoms with van der Waals surface area (Å²) >= 11 is 7.19. The smallest absolute Gasteiger partial charge is 0.369 e. The summed E-state index contributed by atoms with van der Waals surface area (Å²) in [5.74, 6) is 0. The van der Waals surface area contributed by atoms with Crippen LogP contribution in [0.4, 0.5) is 18.9 Å². The molecule has 1 heterocycles. The third kappa shape index (κ3) is 3.90. The Morgan fingerprint density at radius 3 is 2.48 bits per heavy atom. The molecule has 21 heavy (non-hydrogen) atoms. The van der Waals surface area contributed by atoms with E-state index in [4.69, 9.17) is 17.3 Å². The largest absolute Gasteiger partial charge is 0.418 e. The Morgan fingerprint density at radius 2 is 1.95 bits per heavy atom. The molecule has 2 N–H and O–H groups in total. The first-order valence-electron chi connectivity index (χ1n) is 6.17. The molecule has 0 fully saturated rings. The standard InChI is InChI=1S/C14H14ClF3N2S/c1-20(8-10-3-5-13(15)21-10)12-4-2-9(7-19)6-11(12)14(16,17)18/h2-6H,7-8,19H2,1H3. The van der Waals surface area contributed by atoms with Gasteiger partial charge in [-0.1, -0.05) is 17.7 Å². The van der Waals surface area contributed by atoms with Crippen molar-refractivity contribution in [3.8, 4) is 0 Å². The first-order valence-corrected chi connectivity index (χ1v) is 7.36. The van der Waals surface area contributed by atoms with Crippen molar-refractivity contribution in [2.45, 2.75) is 19.3 Å². The van der Waals surface area contributed by atoms with Gasteiger partial charge >= 0.3 is 6.18 Å². The number of nitrogens with two attached hydrogens (primary N) is 1. The quantitative estimate of drug-likeness (QED) is 0.891. The fourth-order valence-corrected chi connectivity index (χ4v) is 3.17. The maximum Gasteiger partial charge on any atom is 0.418 e. The van der Waals surface area contributed by atoms with Crippen molar-refractivity contribution >= 4 is 28.6 Å². The zero-order valence-corrected chi connectivity index (χ0v) is 12.8. The van der Waals surface area contributed by atoms with E-state index in [1.165, 1.54) is 17.4 Å². The van der Waals surface area contributed by atoms with Crippen molar-refractivity contribution in [2.24, 2.45) is 5.73 Å². The van der Waals surface area contributed by atoms with Crippen LogP contribution in [0.1, 0.15) is 16.0 Å². The van der Waals surface area contributed by atoms with Crippen LogP contribution >= 0.6 is 22.9 Å². The summed E-state index contributed by atoms with van der Waals surface area (Å²) in [4.78, 5) is 2.46. The van der Waals surface area contributed by atoms with Crippen molar-refractivity contribution in [1.29, 1.82) is 0 Å². The summed E-state index contributed by atoms with van der Waals surface area (Å²) in [7, 11) is 1.63. The van der Waals surface area contributed by atoms with Gasteiger partial charge < -0.3 is 10.6 Å². The number of hydrogen-bond acceptors (Lipinski definition) is 3. The number of alkyl halides is 3. The van der Waals surface area contributed by atoms with E-state index in [9.17, 15) is 13.2 Å². The number of thiophene rings is 1. The minimum Gasteiger partial charge on any atom is -0.369 e. The minimum atomic E-state index is -4.41. The summed E-state index contributed by atoms with van der Waals surface area (Å²) in [5.41, 5.74) is 5.34. The predicted molar refractivity (Wildman–Crippen MR) is 80.8 cm³/mol. The molecule has 0 amide bonds. The van der Waals surface area contributed by atoms with Crippen LogP contribution in [-0.4, -0.2) is 7.05 Å². The lowest BCUT2D eigenvalue weighted by Gasteiger charge is -2.23. The van der Waals surface area contributed by atoms with E-state index in [1.54, 1.807) is 24.1 Å². The van der Waals surface area contributed by atoms with E-state index in [2.05, 4.69) is 0 Å². The molecule has 0 spiro atoms. The third-order valence-corrected chi connectivity index (χ3v) is 4.25. The van der Waals surface area contributed by atoms with Gasteiger partial charge in [-0.2, -0.15) is 13.2 Å². The van der Waals surface area contributed by atoms with Crippen LogP contribution < -0.4 is 10.6 Å². The lowest BCUT2D eigenvalue weighted by Crippen LogP contribution is -2.21. The first-order chi connectivity index (χ1) is 9.81. The molecule has 2 aromatic rings. The average molecular weight is 335 g/mol. The monoisotopic (exact) mass is 334 g/mol. The van der Waals surface area contributed by atoms with E-state index < -0.39 is 11.7 Å². The highest BCUT2D eigenvalue weighted by Crippen LogP contribution is 2.37. The Bertz CT molecular complexity index is 625. The van der Waals surface area contributed by atoms with Crippen LogP contribution in [0.3, 0.4) is 0 Å². The molecule has 0 unspecified atom stereocenters. The maximum atomic E-state index is 13.2. The lowest BCUT2D eigenvalue weighted by atomic mass is 10.1. The van der Waals surface area contributed by atoms with Gasteiger partial charge in [0.2, 0.25) is 0 Å². The van der Waals surface area contributed by atoms with Gasteiger partial charge in [0, 0.05) is 24.2 Å². The number of halogens is 4. The van der Waals surface area contributed by atoms with Gasteiger partial charge in [0.15, 0.2) is 0 Å². The van der Waals surface area contributed by atoms with Gasteiger partial charge in [0.05, 0.1) is 16.4 Å². The normalized spacial score (nSPS) is 11.7. The molecular weight excluding hydrogens is 321 g/mol. The summed E-state index contributed by atoms with van der Waals surface area (Å²) in [6.07, 6.45) is -4.41. The Kier molecular flexibility index (Phi) is 4.81. The summed E-state index contributed by atoms with van der Waals surface area (Å²) in [5, 5.41) is 0. The molecule has 2 nitrogen and oxygen atoms in total. The average Bonchev–Trinajstić information content (AvgIpc) is 2.82. The summed E-state index contributed by atoms with van der Waals surface area (Å²) < 4.78 is 40.2. The van der Waals surface area contributed by atoms with Crippen molar-refractivity contribution in [2.75, 3.05) is 11.9 Å². The lowest BCUT2D eigenvalue weighted by molar-refractivity contribution is -0.137. The SMILES string of the molecule is CN(Cc1ccc(Cl)s1)c1ccc(CN)cc1C(F)(F)F. The fourth-order valence-electron chi connectivity index (χ4n) is 2.03. The molecule has 0 aliphatic rings. The molecule has 0 atom stereocenters. The third-order valence-electron chi connectivity index (χ3n) is 3.04. The van der Waals surface area contributed by atoms with Crippen LogP contribution in [0.2, 0.25) is 4.34 Å². The zero-order chi connectivity index (χ0) is 15.6. The summed E-state index contributed by atoms with van der Waals surface area (Å²) in [6, 6.07) is 7.72. The van der Waals surface area contributed by atoms with Gasteiger partial charge in [0.1, 0.15) is 0 Å². The van der Waals surface area contributed by atoms with Crippen LogP contribution in [0, 0.1) is 0 Å². The number of hydrogen-bond donors (Lipinski definition) is 1. The van der Waals surface area contributed by atoms with Crippen molar-refractivity contribution in [3.05, 3.63) is 50.7 Å². The van der Waals surface area contributed by atoms with Gasteiger partial charge in [-0.3, -0.25) is 0 Å². The van der Waals surface area contributed by atoms with Crippen molar-refractivity contribution < 1.29 is 13.2 Å². The molecule has 114 valence electrons. The van der Waals surface area contributed by atoms with E-state index in [1.807, 2.05) is 6.07 Å². The molecule has 7 heteroatoms. The molecular formula is C14H14ClF3N2S. The molecule has 0 radical (unpaired) electrons. The molecule has 0 aliphatic carbocycles. The van der Waals surface area contributed by atoms with E-state index in [0.29, 0.717) is 16.4 Å². The number of anilines is 1. The maximum absolute atomic E-state index is 13.2. The van der Waals surface area contributed by atoms with Crippen LogP contribution in [0.15, 0.2) is 30.3 Å². The number of rotatable bonds is 4. The molecule has 0 bridgehead atoms. The molecule has 2 rings (SSSR count). The highest BCUT2D eigenvalue weighted by Gasteiger charge is 2.34. The number of benzene rings is 1. The zero-order valence-electron chi connectivity index (χ0n) is 11.2. The van der Waals surface area contributed by atoms with Gasteiger partial charge in [0.25, 0.3) is 0 Å². The Labute approximate surface area is 129 Å². The second-order valence-electron chi connectivity index (χ2n) is 4.62. The molecule has 0 aliphatic heterocycles. The van der Waals surface area contributed by atoms with Crippen LogP contribution in [-0.2, 0) is 19.3 Å². The highest BCUT2D eigenvalue weighted by molar-refractivity contribution is 7.16. The first kappa shape index (κ1) is 16.1.